The van der Waals surface area contributed by atoms with E-state index >= 15 is 0 Å². The van der Waals surface area contributed by atoms with Gasteiger partial charge in [-0.05, 0) is 6.42 Å². The van der Waals surface area contributed by atoms with Crippen molar-refractivity contribution >= 4 is 11.9 Å². The maximum absolute atomic E-state index is 11.4. The van der Waals surface area contributed by atoms with Crippen molar-refractivity contribution in [1.82, 2.24) is 4.90 Å². The van der Waals surface area contributed by atoms with Crippen LogP contribution in [0.2, 0.25) is 0 Å². The Labute approximate surface area is 88.3 Å². The van der Waals surface area contributed by atoms with Crippen molar-refractivity contribution in [2.24, 2.45) is 5.92 Å². The highest BCUT2D eigenvalue weighted by atomic mass is 16.5. The lowest BCUT2D eigenvalue weighted by atomic mass is 10.1. The lowest BCUT2D eigenvalue weighted by Gasteiger charge is -2.13. The third kappa shape index (κ3) is 3.71. The fourth-order valence-corrected chi connectivity index (χ4v) is 1.65. The molecule has 0 aromatic rings. The number of rotatable bonds is 4. The second-order valence-electron chi connectivity index (χ2n) is 3.57. The Kier molecular flexibility index (Phi) is 4.30. The van der Waals surface area contributed by atoms with E-state index in [-0.39, 0.29) is 5.91 Å². The molecule has 84 valence electrons. The summed E-state index contributed by atoms with van der Waals surface area (Å²) in [5, 5.41) is 8.36. The van der Waals surface area contributed by atoms with Crippen LogP contribution in [0.1, 0.15) is 6.42 Å². The maximum Gasteiger partial charge on any atom is 0.328 e. The highest BCUT2D eigenvalue weighted by molar-refractivity contribution is 5.94. The van der Waals surface area contributed by atoms with E-state index in [0.29, 0.717) is 25.6 Å². The molecule has 1 aliphatic heterocycles. The summed E-state index contributed by atoms with van der Waals surface area (Å²) in [5.74, 6) is -0.968. The SMILES string of the molecule is COCC1CCN(C(=O)C=CC(=O)O)C1. The van der Waals surface area contributed by atoms with Gasteiger partial charge in [0.05, 0.1) is 6.61 Å². The first-order valence-corrected chi connectivity index (χ1v) is 4.82. The smallest absolute Gasteiger partial charge is 0.328 e. The summed E-state index contributed by atoms with van der Waals surface area (Å²) in [7, 11) is 1.63. The molecular formula is C10H15NO4. The number of nitrogens with zero attached hydrogens (tertiary/aromatic N) is 1. The number of likely N-dealkylation sites (tertiary alicyclic amines) is 1. The zero-order chi connectivity index (χ0) is 11.3. The summed E-state index contributed by atoms with van der Waals surface area (Å²) in [6.45, 7) is 1.97. The average molecular weight is 213 g/mol. The fourth-order valence-electron chi connectivity index (χ4n) is 1.65. The number of amides is 1. The van der Waals surface area contributed by atoms with Gasteiger partial charge in [0.1, 0.15) is 0 Å². The minimum absolute atomic E-state index is 0.240. The van der Waals surface area contributed by atoms with Crippen LogP contribution in [-0.2, 0) is 14.3 Å². The lowest BCUT2D eigenvalue weighted by molar-refractivity contribution is -0.132. The van der Waals surface area contributed by atoms with Gasteiger partial charge in [0, 0.05) is 38.3 Å². The first-order chi connectivity index (χ1) is 7.13. The van der Waals surface area contributed by atoms with Crippen molar-refractivity contribution in [1.29, 1.82) is 0 Å². The van der Waals surface area contributed by atoms with E-state index in [1.54, 1.807) is 12.0 Å². The predicted molar refractivity (Wildman–Crippen MR) is 53.3 cm³/mol. The van der Waals surface area contributed by atoms with Crippen molar-refractivity contribution in [2.75, 3.05) is 26.8 Å². The van der Waals surface area contributed by atoms with Gasteiger partial charge in [-0.3, -0.25) is 4.79 Å². The molecule has 0 aromatic heterocycles. The first kappa shape index (κ1) is 11.7. The van der Waals surface area contributed by atoms with Gasteiger partial charge >= 0.3 is 5.97 Å². The molecule has 1 rings (SSSR count). The van der Waals surface area contributed by atoms with Crippen LogP contribution >= 0.6 is 0 Å². The minimum atomic E-state index is -1.10. The van der Waals surface area contributed by atoms with Crippen LogP contribution < -0.4 is 0 Å². The van der Waals surface area contributed by atoms with Crippen molar-refractivity contribution in [3.8, 4) is 0 Å². The minimum Gasteiger partial charge on any atom is -0.478 e. The van der Waals surface area contributed by atoms with Crippen LogP contribution in [0.3, 0.4) is 0 Å². The Hall–Kier alpha value is -1.36. The zero-order valence-corrected chi connectivity index (χ0v) is 8.68. The summed E-state index contributed by atoms with van der Waals surface area (Å²) in [4.78, 5) is 23.3. The highest BCUT2D eigenvalue weighted by Gasteiger charge is 2.24. The van der Waals surface area contributed by atoms with Crippen molar-refractivity contribution in [3.63, 3.8) is 0 Å². The summed E-state index contributed by atoms with van der Waals surface area (Å²) in [6, 6.07) is 0. The van der Waals surface area contributed by atoms with Crippen molar-refractivity contribution in [2.45, 2.75) is 6.42 Å². The molecule has 1 atom stereocenters. The quantitative estimate of drug-likeness (QED) is 0.674. The van der Waals surface area contributed by atoms with E-state index in [4.69, 9.17) is 9.84 Å². The molecule has 0 spiro atoms. The summed E-state index contributed by atoms with van der Waals surface area (Å²) in [6.07, 6.45) is 2.88. The Morgan fingerprint density at radius 3 is 2.87 bits per heavy atom. The van der Waals surface area contributed by atoms with Crippen LogP contribution in [0.25, 0.3) is 0 Å². The molecule has 1 aliphatic rings. The standard InChI is InChI=1S/C10H15NO4/c1-15-7-8-4-5-11(6-8)9(12)2-3-10(13)14/h2-3,8H,4-7H2,1H3,(H,13,14). The molecule has 0 aromatic carbocycles. The van der Waals surface area contributed by atoms with Crippen molar-refractivity contribution < 1.29 is 19.4 Å². The second kappa shape index (κ2) is 5.50. The Bertz CT molecular complexity index is 275. The number of hydrogen-bond donors (Lipinski definition) is 1. The molecule has 1 unspecified atom stereocenters. The Morgan fingerprint density at radius 2 is 2.27 bits per heavy atom. The third-order valence-electron chi connectivity index (χ3n) is 2.37. The van der Waals surface area contributed by atoms with Gasteiger partial charge in [0.15, 0.2) is 0 Å². The summed E-state index contributed by atoms with van der Waals surface area (Å²) < 4.78 is 5.00. The molecule has 1 heterocycles. The second-order valence-corrected chi connectivity index (χ2v) is 3.57. The maximum atomic E-state index is 11.4. The van der Waals surface area contributed by atoms with Gasteiger partial charge in [-0.2, -0.15) is 0 Å². The number of ether oxygens (including phenoxy) is 1. The van der Waals surface area contributed by atoms with Gasteiger partial charge < -0.3 is 14.7 Å². The number of aliphatic carboxylic acids is 1. The Balaban J connectivity index is 2.39. The zero-order valence-electron chi connectivity index (χ0n) is 8.68. The fraction of sp³-hybridized carbons (Fsp3) is 0.600. The lowest BCUT2D eigenvalue weighted by Crippen LogP contribution is -2.27. The molecule has 15 heavy (non-hydrogen) atoms. The van der Waals surface area contributed by atoms with Gasteiger partial charge in [0.25, 0.3) is 0 Å². The van der Waals surface area contributed by atoms with E-state index in [9.17, 15) is 9.59 Å². The molecule has 0 saturated carbocycles. The normalized spacial score (nSPS) is 21.1. The summed E-state index contributed by atoms with van der Waals surface area (Å²) in [5.41, 5.74) is 0. The Morgan fingerprint density at radius 1 is 1.53 bits per heavy atom. The molecular weight excluding hydrogens is 198 g/mol. The van der Waals surface area contributed by atoms with E-state index < -0.39 is 5.97 Å². The first-order valence-electron chi connectivity index (χ1n) is 4.82. The van der Waals surface area contributed by atoms with E-state index in [0.717, 1.165) is 18.6 Å². The molecule has 0 radical (unpaired) electrons. The van der Waals surface area contributed by atoms with E-state index in [1.807, 2.05) is 0 Å². The molecule has 1 fully saturated rings. The number of hydrogen-bond acceptors (Lipinski definition) is 3. The highest BCUT2D eigenvalue weighted by Crippen LogP contribution is 2.16. The van der Waals surface area contributed by atoms with Gasteiger partial charge in [0.2, 0.25) is 5.91 Å². The number of carboxylic acid groups (broad SMARTS) is 1. The molecule has 1 saturated heterocycles. The average Bonchev–Trinajstić information content (AvgIpc) is 2.63. The third-order valence-corrected chi connectivity index (χ3v) is 2.37. The number of carboxylic acids is 1. The van der Waals surface area contributed by atoms with Gasteiger partial charge in [-0.25, -0.2) is 4.79 Å². The number of carbonyl (C=O) groups is 2. The van der Waals surface area contributed by atoms with Gasteiger partial charge in [-0.15, -0.1) is 0 Å². The van der Waals surface area contributed by atoms with Crippen molar-refractivity contribution in [3.05, 3.63) is 12.2 Å². The summed E-state index contributed by atoms with van der Waals surface area (Å²) >= 11 is 0. The largest absolute Gasteiger partial charge is 0.478 e. The predicted octanol–water partition coefficient (Wildman–Crippen LogP) is 0.122. The topological polar surface area (TPSA) is 66.8 Å². The molecule has 1 N–H and O–H groups in total. The molecule has 1 amide bonds. The van der Waals surface area contributed by atoms with Crippen LogP contribution in [0.15, 0.2) is 12.2 Å². The number of methoxy groups -OCH3 is 1. The van der Waals surface area contributed by atoms with Crippen LogP contribution in [0.5, 0.6) is 0 Å². The monoisotopic (exact) mass is 213 g/mol. The molecule has 0 aliphatic carbocycles. The van der Waals surface area contributed by atoms with Crippen LogP contribution in [-0.4, -0.2) is 48.7 Å². The molecule has 0 bridgehead atoms. The van der Waals surface area contributed by atoms with Crippen LogP contribution in [0.4, 0.5) is 0 Å². The van der Waals surface area contributed by atoms with Gasteiger partial charge in [-0.1, -0.05) is 0 Å². The molecule has 5 nitrogen and oxygen atoms in total. The van der Waals surface area contributed by atoms with E-state index in [1.165, 1.54) is 0 Å². The van der Waals surface area contributed by atoms with Crippen LogP contribution in [0, 0.1) is 5.92 Å². The number of carbonyl (C=O) groups excluding carboxylic acids is 1. The molecule has 5 heteroatoms. The van der Waals surface area contributed by atoms with E-state index in [2.05, 4.69) is 0 Å².